The molecule has 1 saturated carbocycles. The number of hydrogen-bond acceptors (Lipinski definition) is 12. The third kappa shape index (κ3) is 7.35. The van der Waals surface area contributed by atoms with E-state index in [0.717, 1.165) is 16.7 Å². The van der Waals surface area contributed by atoms with Gasteiger partial charge in [-0.05, 0) is 55.4 Å². The van der Waals surface area contributed by atoms with E-state index in [2.05, 4.69) is 52.2 Å². The van der Waals surface area contributed by atoms with Gasteiger partial charge in [-0.3, -0.25) is 19.3 Å². The zero-order valence-corrected chi connectivity index (χ0v) is 32.6. The molecule has 3 aliphatic rings. The van der Waals surface area contributed by atoms with E-state index in [4.69, 9.17) is 19.3 Å². The molecule has 7 rings (SSSR count). The Balaban J connectivity index is 1.15. The molecular formula is C41H41N5O7S2. The van der Waals surface area contributed by atoms with Crippen LogP contribution in [0.2, 0.25) is 0 Å². The van der Waals surface area contributed by atoms with Gasteiger partial charge in [0.25, 0.3) is 11.8 Å². The number of hydrogen-bond donors (Lipinski definition) is 2. The lowest BCUT2D eigenvalue weighted by molar-refractivity contribution is -0.159. The van der Waals surface area contributed by atoms with Crippen molar-refractivity contribution in [3.63, 3.8) is 0 Å². The van der Waals surface area contributed by atoms with Crippen molar-refractivity contribution < 1.29 is 33.5 Å². The third-order valence-corrected chi connectivity index (χ3v) is 11.7. The van der Waals surface area contributed by atoms with Gasteiger partial charge in [0.05, 0.1) is 13.0 Å². The van der Waals surface area contributed by atoms with Crippen molar-refractivity contribution in [2.45, 2.75) is 49.7 Å². The van der Waals surface area contributed by atoms with Crippen LogP contribution < -0.4 is 10.6 Å². The minimum Gasteiger partial charge on any atom is -0.469 e. The first-order valence-electron chi connectivity index (χ1n) is 17.8. The van der Waals surface area contributed by atoms with Gasteiger partial charge in [0, 0.05) is 11.1 Å². The monoisotopic (exact) mass is 779 g/mol. The van der Waals surface area contributed by atoms with Gasteiger partial charge < -0.3 is 24.9 Å². The number of carbonyl (C=O) groups is 4. The number of ether oxygens (including phenoxy) is 2. The van der Waals surface area contributed by atoms with Crippen molar-refractivity contribution in [3.8, 4) is 0 Å². The topological polar surface area (TPSA) is 149 Å². The fourth-order valence-corrected chi connectivity index (χ4v) is 9.31. The molecule has 14 heteroatoms. The molecule has 2 unspecified atom stereocenters. The van der Waals surface area contributed by atoms with E-state index in [-0.39, 0.29) is 34.9 Å². The highest BCUT2D eigenvalue weighted by molar-refractivity contribution is 8.00. The third-order valence-electron chi connectivity index (χ3n) is 9.68. The van der Waals surface area contributed by atoms with Crippen LogP contribution in [-0.4, -0.2) is 76.3 Å². The number of aromatic nitrogens is 1. The number of β-lactam (4-membered cyclic amide) rings is 1. The van der Waals surface area contributed by atoms with Crippen LogP contribution >= 0.6 is 23.1 Å². The Kier molecular flexibility index (Phi) is 10.6. The molecule has 12 nitrogen and oxygen atoms in total. The largest absolute Gasteiger partial charge is 0.469 e. The number of fused-ring (bicyclic) bond motifs is 1. The van der Waals surface area contributed by atoms with E-state index >= 15 is 0 Å². The van der Waals surface area contributed by atoms with Crippen LogP contribution in [0, 0.1) is 11.8 Å². The number of thioether (sulfide) groups is 1. The summed E-state index contributed by atoms with van der Waals surface area (Å²) in [5.74, 6) is -2.39. The van der Waals surface area contributed by atoms with Gasteiger partial charge in [-0.2, -0.15) is 0 Å². The standard InChI is InChI=1S/C41H41N5O7S2/c1-40(2,3)53-38(50)33-29(27-21-28(27)37(49)51-4)22-54-36-32(35(48)46(33)36)43-34(47)31(45-52-5)30-23-55-39(42-30)44-41(24-15-9-6-10-16-24,25-17-11-7-12-18-25)26-19-13-8-14-20-26/h6-20,23,27-28,32,36H,21-22H2,1-5H3,(H,42,44)(H,43,47)/b45-31-/t27?,28?,32-,36-/m1/s1. The van der Waals surface area contributed by atoms with Crippen molar-refractivity contribution in [1.29, 1.82) is 0 Å². The number of nitrogens with zero attached hydrogens (tertiary/aromatic N) is 3. The second-order valence-corrected chi connectivity index (χ2v) is 16.3. The number of carbonyl (C=O) groups excluding carboxylic acids is 4. The Morgan fingerprint density at radius 2 is 1.47 bits per heavy atom. The van der Waals surface area contributed by atoms with Crippen molar-refractivity contribution in [2.24, 2.45) is 17.0 Å². The number of amides is 2. The molecule has 2 fully saturated rings. The van der Waals surface area contributed by atoms with Gasteiger partial charge in [-0.15, -0.1) is 23.1 Å². The molecule has 1 aliphatic carbocycles. The van der Waals surface area contributed by atoms with Gasteiger partial charge in [0.15, 0.2) is 10.8 Å². The van der Waals surface area contributed by atoms with E-state index in [1.54, 1.807) is 26.2 Å². The summed E-state index contributed by atoms with van der Waals surface area (Å²) in [7, 11) is 2.66. The van der Waals surface area contributed by atoms with Gasteiger partial charge in [-0.1, -0.05) is 96.2 Å². The van der Waals surface area contributed by atoms with Crippen LogP contribution in [0.5, 0.6) is 0 Å². The lowest BCUT2D eigenvalue weighted by Gasteiger charge is -2.50. The maximum Gasteiger partial charge on any atom is 0.355 e. The molecule has 2 aliphatic heterocycles. The average Bonchev–Trinajstić information content (AvgIpc) is 3.86. The molecule has 4 atom stereocenters. The number of benzene rings is 3. The molecule has 1 saturated heterocycles. The summed E-state index contributed by atoms with van der Waals surface area (Å²) in [6, 6.07) is 29.2. The molecule has 0 bridgehead atoms. The average molecular weight is 780 g/mol. The van der Waals surface area contributed by atoms with E-state index in [0.29, 0.717) is 22.9 Å². The molecule has 3 aromatic carbocycles. The Bertz CT molecular complexity index is 2050. The van der Waals surface area contributed by atoms with E-state index in [1.807, 2.05) is 54.6 Å². The maximum atomic E-state index is 13.9. The van der Waals surface area contributed by atoms with E-state index in [1.165, 1.54) is 42.2 Å². The van der Waals surface area contributed by atoms with Crippen molar-refractivity contribution >= 4 is 57.7 Å². The van der Waals surface area contributed by atoms with Crippen molar-refractivity contribution in [2.75, 3.05) is 25.3 Å². The van der Waals surface area contributed by atoms with Crippen LogP contribution in [0.1, 0.15) is 49.6 Å². The lowest BCUT2D eigenvalue weighted by atomic mass is 9.77. The number of oxime groups is 1. The SMILES string of the molecule is CO/N=C(\C(=O)N[C@@H]1C(=O)N2C(C(=O)OC(C)(C)C)=C(C3CC3C(=O)OC)CS[C@H]12)c1csc(NC(c2ccccc2)(c2ccccc2)c2ccccc2)n1. The molecule has 4 aromatic rings. The maximum absolute atomic E-state index is 13.9. The number of nitrogens with one attached hydrogen (secondary N) is 2. The number of anilines is 1. The summed E-state index contributed by atoms with van der Waals surface area (Å²) in [6.07, 6.45) is 0.520. The fraction of sp³-hybridized carbons (Fsp3) is 0.317. The number of esters is 2. The second kappa shape index (κ2) is 15.3. The summed E-state index contributed by atoms with van der Waals surface area (Å²) in [5, 5.41) is 12.2. The quantitative estimate of drug-likeness (QED) is 0.0603. The summed E-state index contributed by atoms with van der Waals surface area (Å²) in [5.41, 5.74) is 2.20. The van der Waals surface area contributed by atoms with Crippen LogP contribution in [0.4, 0.5) is 5.13 Å². The summed E-state index contributed by atoms with van der Waals surface area (Å²) < 4.78 is 10.7. The van der Waals surface area contributed by atoms with Gasteiger partial charge in [0.2, 0.25) is 0 Å². The molecule has 284 valence electrons. The summed E-state index contributed by atoms with van der Waals surface area (Å²) in [4.78, 5) is 65.0. The predicted molar refractivity (Wildman–Crippen MR) is 210 cm³/mol. The highest BCUT2D eigenvalue weighted by Crippen LogP contribution is 2.52. The summed E-state index contributed by atoms with van der Waals surface area (Å²) >= 11 is 2.71. The Morgan fingerprint density at radius 1 is 0.891 bits per heavy atom. The molecule has 1 aromatic heterocycles. The van der Waals surface area contributed by atoms with Crippen LogP contribution in [0.25, 0.3) is 0 Å². The van der Waals surface area contributed by atoms with E-state index < -0.39 is 40.3 Å². The minimum atomic E-state index is -0.965. The van der Waals surface area contributed by atoms with Gasteiger partial charge in [0.1, 0.15) is 41.1 Å². The normalized spacial score (nSPS) is 20.9. The Labute approximate surface area is 327 Å². The number of methoxy groups -OCH3 is 1. The molecule has 55 heavy (non-hydrogen) atoms. The Hall–Kier alpha value is -5.47. The highest BCUT2D eigenvalue weighted by Gasteiger charge is 2.58. The predicted octanol–water partition coefficient (Wildman–Crippen LogP) is 5.70. The number of rotatable bonds is 12. The smallest absolute Gasteiger partial charge is 0.355 e. The second-order valence-electron chi connectivity index (χ2n) is 14.3. The highest BCUT2D eigenvalue weighted by atomic mass is 32.2. The van der Waals surface area contributed by atoms with Crippen LogP contribution in [0.15, 0.2) is 113 Å². The molecule has 3 heterocycles. The molecule has 0 spiro atoms. The minimum absolute atomic E-state index is 0.119. The van der Waals surface area contributed by atoms with Crippen LogP contribution in [0.3, 0.4) is 0 Å². The van der Waals surface area contributed by atoms with Gasteiger partial charge in [-0.25, -0.2) is 9.78 Å². The van der Waals surface area contributed by atoms with Crippen molar-refractivity contribution in [3.05, 3.63) is 130 Å². The van der Waals surface area contributed by atoms with Crippen molar-refractivity contribution in [1.82, 2.24) is 15.2 Å². The number of thiazole rings is 1. The van der Waals surface area contributed by atoms with Crippen LogP contribution in [-0.2, 0) is 39.0 Å². The molecule has 2 N–H and O–H groups in total. The lowest BCUT2D eigenvalue weighted by Crippen LogP contribution is -2.71. The first-order valence-corrected chi connectivity index (χ1v) is 19.7. The Morgan fingerprint density at radius 3 is 2.00 bits per heavy atom. The van der Waals surface area contributed by atoms with E-state index in [9.17, 15) is 19.2 Å². The van der Waals surface area contributed by atoms with Gasteiger partial charge >= 0.3 is 11.9 Å². The molecule has 0 radical (unpaired) electrons. The molecule has 2 amide bonds. The first kappa shape index (κ1) is 37.8. The zero-order chi connectivity index (χ0) is 38.9. The molecular weight excluding hydrogens is 739 g/mol. The first-order chi connectivity index (χ1) is 26.5. The summed E-state index contributed by atoms with van der Waals surface area (Å²) in [6.45, 7) is 5.24. The fourth-order valence-electron chi connectivity index (χ4n) is 7.12. The zero-order valence-electron chi connectivity index (χ0n) is 31.0.